The van der Waals surface area contributed by atoms with Gasteiger partial charge in [-0.05, 0) is 24.1 Å². The van der Waals surface area contributed by atoms with Gasteiger partial charge in [0.1, 0.15) is 6.04 Å². The first kappa shape index (κ1) is 30.4. The van der Waals surface area contributed by atoms with Crippen molar-refractivity contribution in [3.63, 3.8) is 0 Å². The van der Waals surface area contributed by atoms with Gasteiger partial charge in [0, 0.05) is 30.5 Å². The van der Waals surface area contributed by atoms with Crippen molar-refractivity contribution in [3.05, 3.63) is 29.8 Å². The Kier molecular flexibility index (Phi) is 10.6. The minimum absolute atomic E-state index is 0.164. The molecule has 0 bridgehead atoms. The molecule has 0 heterocycles. The molecule has 0 unspecified atom stereocenters. The lowest BCUT2D eigenvalue weighted by atomic mass is 10.0. The fraction of sp³-hybridized carbons (Fsp3) is 0.632. The molecule has 0 spiro atoms. The van der Waals surface area contributed by atoms with Gasteiger partial charge >= 0.3 is 29.9 Å². The summed E-state index contributed by atoms with van der Waals surface area (Å²) in [6, 6.07) is 5.09. The van der Waals surface area contributed by atoms with E-state index in [0.29, 0.717) is 30.4 Å². The maximum absolute atomic E-state index is 13.5. The van der Waals surface area contributed by atoms with Crippen molar-refractivity contribution in [1.29, 1.82) is 0 Å². The van der Waals surface area contributed by atoms with Crippen molar-refractivity contribution >= 4 is 34.9 Å². The van der Waals surface area contributed by atoms with Crippen molar-refractivity contribution in [2.45, 2.75) is 42.8 Å². The van der Waals surface area contributed by atoms with Crippen LogP contribution in [0.25, 0.3) is 0 Å². The van der Waals surface area contributed by atoms with E-state index in [1.807, 2.05) is 4.90 Å². The Balaban J connectivity index is 2.69. The Bertz CT molecular complexity index is 787. The van der Waals surface area contributed by atoms with Gasteiger partial charge in [-0.25, -0.2) is 0 Å². The van der Waals surface area contributed by atoms with Gasteiger partial charge in [-0.3, -0.25) is 4.79 Å². The highest BCUT2D eigenvalue weighted by molar-refractivity contribution is 6.18. The number of carbonyl (C=O) groups is 1. The van der Waals surface area contributed by atoms with Gasteiger partial charge in [0.25, 0.3) is 0 Å². The van der Waals surface area contributed by atoms with Gasteiger partial charge in [0.05, 0.1) is 13.0 Å². The van der Waals surface area contributed by atoms with Crippen LogP contribution in [0.1, 0.15) is 12.0 Å². The van der Waals surface area contributed by atoms with Crippen LogP contribution in [0.3, 0.4) is 0 Å². The normalized spacial score (nSPS) is 14.1. The molecule has 0 saturated heterocycles. The van der Waals surface area contributed by atoms with E-state index in [0.717, 1.165) is 5.69 Å². The quantitative estimate of drug-likeness (QED) is 0.207. The molecule has 0 fully saturated rings. The smallest absolute Gasteiger partial charge is 0.460 e. The molecule has 0 saturated carbocycles. The van der Waals surface area contributed by atoms with Crippen LogP contribution < -0.4 is 10.6 Å². The molecule has 15 heteroatoms. The third-order valence-electron chi connectivity index (χ3n) is 4.64. The number of alkyl halides is 11. The number of hydrogen-bond acceptors (Lipinski definition) is 4. The lowest BCUT2D eigenvalue weighted by molar-refractivity contribution is -0.397. The summed E-state index contributed by atoms with van der Waals surface area (Å²) in [7, 11) is 0. The summed E-state index contributed by atoms with van der Waals surface area (Å²) in [4.78, 5) is 13.7. The van der Waals surface area contributed by atoms with Crippen molar-refractivity contribution in [2.24, 2.45) is 5.73 Å². The van der Waals surface area contributed by atoms with Gasteiger partial charge in [0.15, 0.2) is 0 Å². The Hall–Kier alpha value is -1.60. The van der Waals surface area contributed by atoms with E-state index >= 15 is 0 Å². The van der Waals surface area contributed by atoms with Crippen LogP contribution in [-0.2, 0) is 16.0 Å². The molecule has 34 heavy (non-hydrogen) atoms. The SMILES string of the molecule is N[C@@H](Cc1ccc(N(CCCl)CCCl)cc1)C(=O)OCCC(F)(F)C(F)(F)C(F)(F)C(F)(F)F. The maximum Gasteiger partial charge on any atom is 0.460 e. The molecular formula is C19H21Cl2F9N2O2. The summed E-state index contributed by atoms with van der Waals surface area (Å²) in [5.41, 5.74) is 6.85. The van der Waals surface area contributed by atoms with Gasteiger partial charge in [0.2, 0.25) is 0 Å². The predicted octanol–water partition coefficient (Wildman–Crippen LogP) is 5.24. The highest BCUT2D eigenvalue weighted by atomic mass is 35.5. The van der Waals surface area contributed by atoms with Gasteiger partial charge in [-0.2, -0.15) is 39.5 Å². The summed E-state index contributed by atoms with van der Waals surface area (Å²) >= 11 is 11.5. The maximum atomic E-state index is 13.5. The van der Waals surface area contributed by atoms with Crippen LogP contribution in [0.15, 0.2) is 24.3 Å². The first-order valence-corrected chi connectivity index (χ1v) is 10.7. The predicted molar refractivity (Wildman–Crippen MR) is 108 cm³/mol. The van der Waals surface area contributed by atoms with E-state index in [1.54, 1.807) is 24.3 Å². The second-order valence-corrected chi connectivity index (χ2v) is 7.87. The van der Waals surface area contributed by atoms with E-state index in [2.05, 4.69) is 4.74 Å². The average Bonchev–Trinajstić information content (AvgIpc) is 2.72. The van der Waals surface area contributed by atoms with E-state index in [-0.39, 0.29) is 6.42 Å². The summed E-state index contributed by atoms with van der Waals surface area (Å²) in [6.07, 6.45) is -9.36. The topological polar surface area (TPSA) is 55.6 Å². The van der Waals surface area contributed by atoms with Crippen molar-refractivity contribution in [2.75, 3.05) is 36.4 Å². The highest BCUT2D eigenvalue weighted by Gasteiger charge is 2.81. The second kappa shape index (κ2) is 11.9. The molecule has 2 N–H and O–H groups in total. The Morgan fingerprint density at radius 2 is 1.41 bits per heavy atom. The number of benzene rings is 1. The third kappa shape index (κ3) is 7.20. The molecule has 4 nitrogen and oxygen atoms in total. The van der Waals surface area contributed by atoms with Crippen LogP contribution in [0, 0.1) is 0 Å². The zero-order chi connectivity index (χ0) is 26.4. The highest BCUT2D eigenvalue weighted by Crippen LogP contribution is 2.53. The van der Waals surface area contributed by atoms with Crippen LogP contribution in [-0.4, -0.2) is 67.4 Å². The van der Waals surface area contributed by atoms with Crippen LogP contribution >= 0.6 is 23.2 Å². The average molecular weight is 551 g/mol. The molecule has 1 rings (SSSR count). The molecule has 0 aromatic heterocycles. The minimum Gasteiger partial charge on any atom is -0.464 e. The van der Waals surface area contributed by atoms with Crippen molar-refractivity contribution in [1.82, 2.24) is 0 Å². The van der Waals surface area contributed by atoms with Gasteiger partial charge < -0.3 is 15.4 Å². The number of nitrogens with two attached hydrogens (primary N) is 1. The number of carbonyl (C=O) groups excluding carboxylic acids is 1. The minimum atomic E-state index is -7.00. The van der Waals surface area contributed by atoms with E-state index < -0.39 is 49.0 Å². The molecule has 0 aliphatic heterocycles. The molecule has 1 aromatic carbocycles. The molecular weight excluding hydrogens is 530 g/mol. The fourth-order valence-electron chi connectivity index (χ4n) is 2.71. The number of anilines is 1. The number of halogens is 11. The van der Waals surface area contributed by atoms with E-state index in [1.165, 1.54) is 0 Å². The monoisotopic (exact) mass is 550 g/mol. The zero-order valence-electron chi connectivity index (χ0n) is 17.3. The Morgan fingerprint density at radius 3 is 1.85 bits per heavy atom. The van der Waals surface area contributed by atoms with Crippen molar-refractivity contribution in [3.8, 4) is 0 Å². The first-order valence-electron chi connectivity index (χ1n) is 9.60. The van der Waals surface area contributed by atoms with Gasteiger partial charge in [-0.15, -0.1) is 23.2 Å². The second-order valence-electron chi connectivity index (χ2n) is 7.11. The lowest BCUT2D eigenvalue weighted by Gasteiger charge is -2.33. The lowest BCUT2D eigenvalue weighted by Crippen LogP contribution is -2.61. The number of hydrogen-bond donors (Lipinski definition) is 1. The summed E-state index contributed by atoms with van der Waals surface area (Å²) < 4.78 is 120. The summed E-state index contributed by atoms with van der Waals surface area (Å²) in [5.74, 6) is -20.3. The third-order valence-corrected chi connectivity index (χ3v) is 4.98. The van der Waals surface area contributed by atoms with E-state index in [9.17, 15) is 44.3 Å². The molecule has 1 aromatic rings. The standard InChI is InChI=1S/C19H21Cl2F9N2O2/c20-6-8-32(9-7-21)13-3-1-12(2-4-13)11-14(31)15(33)34-10-5-16(22,23)17(24,25)18(26,27)19(28,29)30/h1-4,14H,5-11,31H2/t14-/m0/s1. The summed E-state index contributed by atoms with van der Waals surface area (Å²) in [5, 5.41) is 0. The Labute approximate surface area is 199 Å². The number of ether oxygens (including phenoxy) is 1. The van der Waals surface area contributed by atoms with E-state index in [4.69, 9.17) is 28.9 Å². The number of rotatable bonds is 13. The first-order chi connectivity index (χ1) is 15.5. The molecule has 0 amide bonds. The molecule has 0 radical (unpaired) electrons. The van der Waals surface area contributed by atoms with Crippen molar-refractivity contribution < 1.29 is 49.0 Å². The van der Waals surface area contributed by atoms with Gasteiger partial charge in [-0.1, -0.05) is 12.1 Å². The zero-order valence-corrected chi connectivity index (χ0v) is 18.8. The molecule has 0 aliphatic carbocycles. The summed E-state index contributed by atoms with van der Waals surface area (Å²) in [6.45, 7) is -0.538. The largest absolute Gasteiger partial charge is 0.464 e. The number of nitrogens with zero attached hydrogens (tertiary/aromatic N) is 1. The molecule has 196 valence electrons. The molecule has 1 atom stereocenters. The molecule has 0 aliphatic rings. The fourth-order valence-corrected chi connectivity index (χ4v) is 3.11. The Morgan fingerprint density at radius 1 is 0.912 bits per heavy atom. The van der Waals surface area contributed by atoms with Crippen LogP contribution in [0.2, 0.25) is 0 Å². The number of esters is 1. The van der Waals surface area contributed by atoms with Crippen LogP contribution in [0.5, 0.6) is 0 Å². The van der Waals surface area contributed by atoms with Crippen LogP contribution in [0.4, 0.5) is 45.2 Å².